The molecule has 2 heteroatoms. The summed E-state index contributed by atoms with van der Waals surface area (Å²) in [6.07, 6.45) is 1.89. The molecule has 12 heavy (non-hydrogen) atoms. The Balaban J connectivity index is 2.44. The van der Waals surface area contributed by atoms with Crippen LogP contribution >= 0.6 is 0 Å². The van der Waals surface area contributed by atoms with E-state index in [4.69, 9.17) is 0 Å². The Morgan fingerprint density at radius 1 is 1.33 bits per heavy atom. The molecule has 0 amide bonds. The topological polar surface area (TPSA) is 23.5 Å². The van der Waals surface area contributed by atoms with E-state index in [1.165, 1.54) is 0 Å². The van der Waals surface area contributed by atoms with Gasteiger partial charge in [0, 0.05) is 13.1 Å². The van der Waals surface area contributed by atoms with Gasteiger partial charge in [-0.25, -0.2) is 0 Å². The first-order valence-corrected chi connectivity index (χ1v) is 5.03. The maximum Gasteiger partial charge on any atom is 0.0694 e. The summed E-state index contributed by atoms with van der Waals surface area (Å²) in [5, 5.41) is 10.1. The van der Waals surface area contributed by atoms with Crippen molar-refractivity contribution in [2.45, 2.75) is 39.2 Å². The Morgan fingerprint density at radius 2 is 1.83 bits per heavy atom. The van der Waals surface area contributed by atoms with Gasteiger partial charge in [-0.1, -0.05) is 20.8 Å². The molecule has 72 valence electrons. The van der Waals surface area contributed by atoms with Gasteiger partial charge in [0.15, 0.2) is 0 Å². The SMILES string of the molecule is CCN1CCC(O)(C(C)C)CC1. The predicted octanol–water partition coefficient (Wildman–Crippen LogP) is 1.49. The molecule has 1 saturated heterocycles. The summed E-state index contributed by atoms with van der Waals surface area (Å²) < 4.78 is 0. The first kappa shape index (κ1) is 10.0. The average Bonchev–Trinajstić information content (AvgIpc) is 2.06. The Labute approximate surface area is 75.6 Å². The molecule has 0 saturated carbocycles. The number of likely N-dealkylation sites (tertiary alicyclic amines) is 1. The molecule has 1 aliphatic heterocycles. The summed E-state index contributed by atoms with van der Waals surface area (Å²) in [4.78, 5) is 2.40. The van der Waals surface area contributed by atoms with E-state index in [1.54, 1.807) is 0 Å². The van der Waals surface area contributed by atoms with Gasteiger partial charge in [-0.05, 0) is 25.3 Å². The molecule has 2 nitrogen and oxygen atoms in total. The zero-order valence-electron chi connectivity index (χ0n) is 8.51. The van der Waals surface area contributed by atoms with Crippen LogP contribution in [0.15, 0.2) is 0 Å². The van der Waals surface area contributed by atoms with Crippen LogP contribution in [-0.4, -0.2) is 35.2 Å². The summed E-state index contributed by atoms with van der Waals surface area (Å²) in [5.41, 5.74) is -0.383. The second-order valence-corrected chi connectivity index (χ2v) is 4.19. The minimum atomic E-state index is -0.383. The third kappa shape index (κ3) is 1.99. The van der Waals surface area contributed by atoms with E-state index in [0.717, 1.165) is 32.5 Å². The Bertz CT molecular complexity index is 137. The highest BCUT2D eigenvalue weighted by molar-refractivity contribution is 4.87. The van der Waals surface area contributed by atoms with Crippen molar-refractivity contribution in [1.82, 2.24) is 4.90 Å². The van der Waals surface area contributed by atoms with Crippen LogP contribution < -0.4 is 0 Å². The highest BCUT2D eigenvalue weighted by Gasteiger charge is 2.34. The van der Waals surface area contributed by atoms with Crippen molar-refractivity contribution >= 4 is 0 Å². The monoisotopic (exact) mass is 171 g/mol. The number of piperidine rings is 1. The van der Waals surface area contributed by atoms with Crippen LogP contribution in [0.5, 0.6) is 0 Å². The normalized spacial score (nSPS) is 24.8. The number of aliphatic hydroxyl groups is 1. The molecule has 1 heterocycles. The summed E-state index contributed by atoms with van der Waals surface area (Å²) in [6, 6.07) is 0. The van der Waals surface area contributed by atoms with Crippen molar-refractivity contribution in [3.05, 3.63) is 0 Å². The zero-order chi connectivity index (χ0) is 9.19. The zero-order valence-corrected chi connectivity index (χ0v) is 8.51. The fourth-order valence-electron chi connectivity index (χ4n) is 1.83. The minimum absolute atomic E-state index is 0.383. The molecule has 0 aromatic carbocycles. The molecular weight excluding hydrogens is 150 g/mol. The Hall–Kier alpha value is -0.0800. The van der Waals surface area contributed by atoms with E-state index in [0.29, 0.717) is 5.92 Å². The van der Waals surface area contributed by atoms with Crippen LogP contribution in [0.25, 0.3) is 0 Å². The van der Waals surface area contributed by atoms with E-state index >= 15 is 0 Å². The standard InChI is InChI=1S/C10H21NO/c1-4-11-7-5-10(12,6-8-11)9(2)3/h9,12H,4-8H2,1-3H3. The van der Waals surface area contributed by atoms with Crippen molar-refractivity contribution in [2.24, 2.45) is 5.92 Å². The molecule has 1 fully saturated rings. The maximum absolute atomic E-state index is 10.1. The predicted molar refractivity (Wildman–Crippen MR) is 51.1 cm³/mol. The third-order valence-corrected chi connectivity index (χ3v) is 3.24. The fraction of sp³-hybridized carbons (Fsp3) is 1.00. The average molecular weight is 171 g/mol. The molecule has 0 bridgehead atoms. The number of rotatable bonds is 2. The lowest BCUT2D eigenvalue weighted by atomic mass is 9.82. The summed E-state index contributed by atoms with van der Waals surface area (Å²) in [6.45, 7) is 9.65. The van der Waals surface area contributed by atoms with Crippen molar-refractivity contribution in [3.63, 3.8) is 0 Å². The van der Waals surface area contributed by atoms with Crippen LogP contribution in [0.1, 0.15) is 33.6 Å². The van der Waals surface area contributed by atoms with E-state index in [-0.39, 0.29) is 5.60 Å². The van der Waals surface area contributed by atoms with Gasteiger partial charge in [-0.2, -0.15) is 0 Å². The largest absolute Gasteiger partial charge is 0.390 e. The highest BCUT2D eigenvalue weighted by Crippen LogP contribution is 2.29. The molecule has 0 aliphatic carbocycles. The molecular formula is C10H21NO. The van der Waals surface area contributed by atoms with Gasteiger partial charge in [-0.3, -0.25) is 0 Å². The minimum Gasteiger partial charge on any atom is -0.390 e. The van der Waals surface area contributed by atoms with Gasteiger partial charge in [0.1, 0.15) is 0 Å². The van der Waals surface area contributed by atoms with E-state index in [9.17, 15) is 5.11 Å². The lowest BCUT2D eigenvalue weighted by Gasteiger charge is -2.40. The molecule has 0 aromatic rings. The molecule has 0 unspecified atom stereocenters. The van der Waals surface area contributed by atoms with Crippen LogP contribution in [0, 0.1) is 5.92 Å². The molecule has 1 rings (SSSR count). The van der Waals surface area contributed by atoms with Gasteiger partial charge >= 0.3 is 0 Å². The molecule has 1 N–H and O–H groups in total. The van der Waals surface area contributed by atoms with Crippen molar-refractivity contribution in [3.8, 4) is 0 Å². The lowest BCUT2D eigenvalue weighted by molar-refractivity contribution is -0.0554. The molecule has 0 spiro atoms. The Morgan fingerprint density at radius 3 is 2.17 bits per heavy atom. The van der Waals surface area contributed by atoms with Crippen molar-refractivity contribution in [1.29, 1.82) is 0 Å². The number of nitrogens with zero attached hydrogens (tertiary/aromatic N) is 1. The molecule has 0 aromatic heterocycles. The second-order valence-electron chi connectivity index (χ2n) is 4.19. The summed E-state index contributed by atoms with van der Waals surface area (Å²) >= 11 is 0. The van der Waals surface area contributed by atoms with Gasteiger partial charge in [-0.15, -0.1) is 0 Å². The van der Waals surface area contributed by atoms with E-state index in [2.05, 4.69) is 25.7 Å². The van der Waals surface area contributed by atoms with Gasteiger partial charge in [0.25, 0.3) is 0 Å². The molecule has 0 radical (unpaired) electrons. The van der Waals surface area contributed by atoms with Crippen LogP contribution in [0.2, 0.25) is 0 Å². The van der Waals surface area contributed by atoms with E-state index in [1.807, 2.05) is 0 Å². The third-order valence-electron chi connectivity index (χ3n) is 3.24. The lowest BCUT2D eigenvalue weighted by Crippen LogP contribution is -2.47. The first-order chi connectivity index (χ1) is 5.58. The van der Waals surface area contributed by atoms with Crippen molar-refractivity contribution in [2.75, 3.05) is 19.6 Å². The van der Waals surface area contributed by atoms with Crippen molar-refractivity contribution < 1.29 is 5.11 Å². The van der Waals surface area contributed by atoms with Crippen LogP contribution in [0.3, 0.4) is 0 Å². The second kappa shape index (κ2) is 3.75. The van der Waals surface area contributed by atoms with Gasteiger partial charge < -0.3 is 10.0 Å². The molecule has 1 aliphatic rings. The first-order valence-electron chi connectivity index (χ1n) is 5.03. The van der Waals surface area contributed by atoms with Gasteiger partial charge in [0.2, 0.25) is 0 Å². The smallest absolute Gasteiger partial charge is 0.0694 e. The van der Waals surface area contributed by atoms with Crippen LogP contribution in [-0.2, 0) is 0 Å². The van der Waals surface area contributed by atoms with Gasteiger partial charge in [0.05, 0.1) is 5.60 Å². The summed E-state index contributed by atoms with van der Waals surface area (Å²) in [5.74, 6) is 0.400. The van der Waals surface area contributed by atoms with Crippen LogP contribution in [0.4, 0.5) is 0 Å². The fourth-order valence-corrected chi connectivity index (χ4v) is 1.83. The maximum atomic E-state index is 10.1. The Kier molecular flexibility index (Phi) is 3.13. The number of hydrogen-bond acceptors (Lipinski definition) is 2. The number of hydrogen-bond donors (Lipinski definition) is 1. The quantitative estimate of drug-likeness (QED) is 0.680. The molecule has 0 atom stereocenters. The highest BCUT2D eigenvalue weighted by atomic mass is 16.3. The van der Waals surface area contributed by atoms with E-state index < -0.39 is 0 Å². The summed E-state index contributed by atoms with van der Waals surface area (Å²) in [7, 11) is 0.